The predicted molar refractivity (Wildman–Crippen MR) is 63.8 cm³/mol. The monoisotopic (exact) mass is 209 g/mol. The highest BCUT2D eigenvalue weighted by Crippen LogP contribution is 2.13. The van der Waals surface area contributed by atoms with Gasteiger partial charge in [-0.25, -0.2) is 0 Å². The Balaban J connectivity index is 0.000000980. The first kappa shape index (κ1) is 11.3. The van der Waals surface area contributed by atoms with Crippen LogP contribution in [0.2, 0.25) is 0 Å². The van der Waals surface area contributed by atoms with Crippen LogP contribution in [0.5, 0.6) is 0 Å². The van der Waals surface area contributed by atoms with Crippen LogP contribution in [0.15, 0.2) is 35.9 Å². The molecule has 0 atom stereocenters. The SMILES string of the molecule is C(=C1/CCCNC1)/c1ccccc1.Cl. The minimum Gasteiger partial charge on any atom is -0.313 e. The van der Waals surface area contributed by atoms with E-state index in [1.54, 1.807) is 0 Å². The van der Waals surface area contributed by atoms with Gasteiger partial charge < -0.3 is 5.32 Å². The van der Waals surface area contributed by atoms with Crippen molar-refractivity contribution in [1.82, 2.24) is 5.32 Å². The molecule has 0 bridgehead atoms. The van der Waals surface area contributed by atoms with E-state index in [0.717, 1.165) is 6.54 Å². The highest BCUT2D eigenvalue weighted by atomic mass is 35.5. The fourth-order valence-corrected chi connectivity index (χ4v) is 1.69. The Morgan fingerprint density at radius 2 is 1.93 bits per heavy atom. The van der Waals surface area contributed by atoms with E-state index < -0.39 is 0 Å². The summed E-state index contributed by atoms with van der Waals surface area (Å²) in [5.74, 6) is 0. The van der Waals surface area contributed by atoms with Crippen molar-refractivity contribution in [2.75, 3.05) is 13.1 Å². The molecule has 1 saturated heterocycles. The Kier molecular flexibility index (Phi) is 4.71. The van der Waals surface area contributed by atoms with E-state index in [0.29, 0.717) is 0 Å². The maximum atomic E-state index is 3.39. The van der Waals surface area contributed by atoms with Crippen molar-refractivity contribution >= 4 is 18.5 Å². The molecule has 0 aromatic heterocycles. The first-order valence-corrected chi connectivity index (χ1v) is 4.90. The molecule has 0 amide bonds. The molecule has 0 unspecified atom stereocenters. The van der Waals surface area contributed by atoms with E-state index in [2.05, 4.69) is 41.7 Å². The second-order valence-electron chi connectivity index (χ2n) is 3.49. The van der Waals surface area contributed by atoms with E-state index in [9.17, 15) is 0 Å². The summed E-state index contributed by atoms with van der Waals surface area (Å²) in [6, 6.07) is 10.5. The number of halogens is 1. The summed E-state index contributed by atoms with van der Waals surface area (Å²) in [6.45, 7) is 2.24. The largest absolute Gasteiger partial charge is 0.313 e. The van der Waals surface area contributed by atoms with E-state index >= 15 is 0 Å². The van der Waals surface area contributed by atoms with E-state index in [4.69, 9.17) is 0 Å². The van der Waals surface area contributed by atoms with Gasteiger partial charge in [-0.15, -0.1) is 12.4 Å². The van der Waals surface area contributed by atoms with Crippen LogP contribution in [-0.4, -0.2) is 13.1 Å². The average molecular weight is 210 g/mol. The first-order valence-electron chi connectivity index (χ1n) is 4.90. The van der Waals surface area contributed by atoms with Crippen molar-refractivity contribution in [2.45, 2.75) is 12.8 Å². The lowest BCUT2D eigenvalue weighted by Crippen LogP contribution is -2.23. The van der Waals surface area contributed by atoms with Gasteiger partial charge in [-0.3, -0.25) is 0 Å². The summed E-state index contributed by atoms with van der Waals surface area (Å²) in [6.07, 6.45) is 4.83. The molecule has 0 spiro atoms. The van der Waals surface area contributed by atoms with Crippen LogP contribution in [-0.2, 0) is 0 Å². The molecule has 1 aromatic carbocycles. The first-order chi connectivity index (χ1) is 6.45. The van der Waals surface area contributed by atoms with Gasteiger partial charge in [0.25, 0.3) is 0 Å². The molecule has 1 aromatic rings. The Hall–Kier alpha value is -0.790. The summed E-state index contributed by atoms with van der Waals surface area (Å²) >= 11 is 0. The number of hydrogen-bond donors (Lipinski definition) is 1. The molecular weight excluding hydrogens is 194 g/mol. The molecule has 1 fully saturated rings. The number of benzene rings is 1. The topological polar surface area (TPSA) is 12.0 Å². The summed E-state index contributed by atoms with van der Waals surface area (Å²) in [7, 11) is 0. The lowest BCUT2D eigenvalue weighted by atomic mass is 10.0. The van der Waals surface area contributed by atoms with Crippen LogP contribution in [0.4, 0.5) is 0 Å². The molecule has 76 valence electrons. The average Bonchev–Trinajstić information content (AvgIpc) is 2.21. The summed E-state index contributed by atoms with van der Waals surface area (Å²) in [5.41, 5.74) is 2.85. The Morgan fingerprint density at radius 3 is 2.57 bits per heavy atom. The molecule has 1 nitrogen and oxygen atoms in total. The minimum absolute atomic E-state index is 0. The number of hydrogen-bond acceptors (Lipinski definition) is 1. The molecule has 1 aliphatic rings. The van der Waals surface area contributed by atoms with Crippen molar-refractivity contribution in [3.63, 3.8) is 0 Å². The van der Waals surface area contributed by atoms with Gasteiger partial charge in [0, 0.05) is 6.54 Å². The van der Waals surface area contributed by atoms with E-state index in [1.807, 2.05) is 0 Å². The third-order valence-electron chi connectivity index (χ3n) is 2.37. The third kappa shape index (κ3) is 3.17. The van der Waals surface area contributed by atoms with Gasteiger partial charge in [-0.2, -0.15) is 0 Å². The van der Waals surface area contributed by atoms with Crippen LogP contribution in [0.3, 0.4) is 0 Å². The Bertz CT molecular complexity index is 284. The fourth-order valence-electron chi connectivity index (χ4n) is 1.69. The van der Waals surface area contributed by atoms with Gasteiger partial charge in [0.2, 0.25) is 0 Å². The highest BCUT2D eigenvalue weighted by Gasteiger charge is 2.03. The number of rotatable bonds is 1. The maximum Gasteiger partial charge on any atom is 0.0167 e. The quantitative estimate of drug-likeness (QED) is 0.750. The number of nitrogens with one attached hydrogen (secondary N) is 1. The Labute approximate surface area is 91.6 Å². The molecule has 14 heavy (non-hydrogen) atoms. The molecule has 2 heteroatoms. The normalized spacial score (nSPS) is 19.0. The van der Waals surface area contributed by atoms with Gasteiger partial charge in [0.15, 0.2) is 0 Å². The van der Waals surface area contributed by atoms with Gasteiger partial charge in [0.05, 0.1) is 0 Å². The molecule has 1 N–H and O–H groups in total. The zero-order valence-electron chi connectivity index (χ0n) is 8.20. The smallest absolute Gasteiger partial charge is 0.0167 e. The van der Waals surface area contributed by atoms with E-state index in [-0.39, 0.29) is 12.4 Å². The molecule has 0 aliphatic carbocycles. The second-order valence-corrected chi connectivity index (χ2v) is 3.49. The molecule has 2 rings (SSSR count). The molecule has 1 heterocycles. The lowest BCUT2D eigenvalue weighted by molar-refractivity contribution is 0.613. The molecule has 0 radical (unpaired) electrons. The lowest BCUT2D eigenvalue weighted by Gasteiger charge is -2.15. The van der Waals surface area contributed by atoms with Crippen molar-refractivity contribution in [1.29, 1.82) is 0 Å². The second kappa shape index (κ2) is 5.84. The zero-order chi connectivity index (χ0) is 8.93. The fraction of sp³-hybridized carbons (Fsp3) is 0.333. The predicted octanol–water partition coefficient (Wildman–Crippen LogP) is 2.88. The number of piperidine rings is 1. The van der Waals surface area contributed by atoms with Gasteiger partial charge in [-0.05, 0) is 24.9 Å². The summed E-state index contributed by atoms with van der Waals surface area (Å²) in [4.78, 5) is 0. The highest BCUT2D eigenvalue weighted by molar-refractivity contribution is 5.85. The van der Waals surface area contributed by atoms with Crippen molar-refractivity contribution < 1.29 is 0 Å². The van der Waals surface area contributed by atoms with E-state index in [1.165, 1.54) is 30.5 Å². The van der Waals surface area contributed by atoms with Crippen molar-refractivity contribution in [3.8, 4) is 0 Å². The van der Waals surface area contributed by atoms with Gasteiger partial charge >= 0.3 is 0 Å². The van der Waals surface area contributed by atoms with Crippen LogP contribution < -0.4 is 5.32 Å². The maximum absolute atomic E-state index is 3.39. The zero-order valence-corrected chi connectivity index (χ0v) is 9.02. The minimum atomic E-state index is 0. The van der Waals surface area contributed by atoms with Crippen LogP contribution in [0, 0.1) is 0 Å². The van der Waals surface area contributed by atoms with Gasteiger partial charge in [-0.1, -0.05) is 42.0 Å². The molecule has 0 saturated carbocycles. The molecular formula is C12H16ClN. The van der Waals surface area contributed by atoms with Crippen molar-refractivity contribution in [2.24, 2.45) is 0 Å². The summed E-state index contributed by atoms with van der Waals surface area (Å²) < 4.78 is 0. The standard InChI is InChI=1S/C12H15N.ClH/c1-2-5-11(6-3-1)9-12-7-4-8-13-10-12;/h1-3,5-6,9,13H,4,7-8,10H2;1H/b12-9+;. The molecule has 1 aliphatic heterocycles. The van der Waals surface area contributed by atoms with Gasteiger partial charge in [0.1, 0.15) is 0 Å². The van der Waals surface area contributed by atoms with Crippen LogP contribution in [0.25, 0.3) is 6.08 Å². The van der Waals surface area contributed by atoms with Crippen molar-refractivity contribution in [3.05, 3.63) is 41.5 Å². The third-order valence-corrected chi connectivity index (χ3v) is 2.37. The Morgan fingerprint density at radius 1 is 1.14 bits per heavy atom. The van der Waals surface area contributed by atoms with Crippen LogP contribution in [0.1, 0.15) is 18.4 Å². The van der Waals surface area contributed by atoms with Crippen LogP contribution >= 0.6 is 12.4 Å². The summed E-state index contributed by atoms with van der Waals surface area (Å²) in [5, 5.41) is 3.39.